The highest BCUT2D eigenvalue weighted by Crippen LogP contribution is 2.19. The van der Waals surface area contributed by atoms with Gasteiger partial charge in [-0.25, -0.2) is 0 Å². The summed E-state index contributed by atoms with van der Waals surface area (Å²) in [6, 6.07) is 0. The SMILES string of the molecule is Cc1nn(C)c(C)c1CN(C)C(=O)C[C@H]1CCCOC1. The quantitative estimate of drug-likeness (QED) is 0.844. The van der Waals surface area contributed by atoms with Crippen molar-refractivity contribution in [3.8, 4) is 0 Å². The van der Waals surface area contributed by atoms with Gasteiger partial charge in [0.2, 0.25) is 5.91 Å². The molecule has 1 aromatic rings. The molecule has 0 unspecified atom stereocenters. The fourth-order valence-electron chi connectivity index (χ4n) is 2.74. The fraction of sp³-hybridized carbons (Fsp3) is 0.733. The molecule has 1 aliphatic heterocycles. The number of carbonyl (C=O) groups excluding carboxylic acids is 1. The summed E-state index contributed by atoms with van der Waals surface area (Å²) in [5.41, 5.74) is 3.29. The monoisotopic (exact) mass is 279 g/mol. The van der Waals surface area contributed by atoms with Crippen molar-refractivity contribution < 1.29 is 9.53 Å². The molecule has 2 rings (SSSR count). The van der Waals surface area contributed by atoms with Crippen LogP contribution in [-0.2, 0) is 23.1 Å². The first-order valence-corrected chi connectivity index (χ1v) is 7.29. The molecule has 1 fully saturated rings. The minimum absolute atomic E-state index is 0.197. The molecule has 1 aliphatic rings. The summed E-state index contributed by atoms with van der Waals surface area (Å²) in [6.07, 6.45) is 2.77. The van der Waals surface area contributed by atoms with E-state index in [2.05, 4.69) is 5.10 Å². The average Bonchev–Trinajstić information content (AvgIpc) is 2.66. The van der Waals surface area contributed by atoms with Gasteiger partial charge in [0.15, 0.2) is 0 Å². The Morgan fingerprint density at radius 3 is 2.80 bits per heavy atom. The lowest BCUT2D eigenvalue weighted by Gasteiger charge is -2.24. The van der Waals surface area contributed by atoms with E-state index >= 15 is 0 Å². The molecule has 0 aliphatic carbocycles. The van der Waals surface area contributed by atoms with Crippen LogP contribution in [0.5, 0.6) is 0 Å². The van der Waals surface area contributed by atoms with Crippen molar-refractivity contribution in [2.75, 3.05) is 20.3 Å². The Labute approximate surface area is 120 Å². The third-order valence-corrected chi connectivity index (χ3v) is 4.20. The van der Waals surface area contributed by atoms with E-state index in [1.807, 2.05) is 37.5 Å². The highest BCUT2D eigenvalue weighted by molar-refractivity contribution is 5.76. The molecule has 0 saturated carbocycles. The number of aryl methyl sites for hydroxylation is 2. The van der Waals surface area contributed by atoms with Gasteiger partial charge in [-0.3, -0.25) is 9.48 Å². The fourth-order valence-corrected chi connectivity index (χ4v) is 2.74. The molecule has 0 aromatic carbocycles. The Bertz CT molecular complexity index is 476. The van der Waals surface area contributed by atoms with Crippen LogP contribution in [0, 0.1) is 19.8 Å². The maximum atomic E-state index is 12.3. The summed E-state index contributed by atoms with van der Waals surface area (Å²) in [6.45, 7) is 6.25. The normalized spacial score (nSPS) is 19.1. The minimum Gasteiger partial charge on any atom is -0.381 e. The maximum absolute atomic E-state index is 12.3. The molecule has 112 valence electrons. The molecule has 5 heteroatoms. The molecule has 1 aromatic heterocycles. The summed E-state index contributed by atoms with van der Waals surface area (Å²) in [7, 11) is 3.81. The third kappa shape index (κ3) is 3.39. The van der Waals surface area contributed by atoms with Gasteiger partial charge in [0, 0.05) is 51.5 Å². The van der Waals surface area contributed by atoms with E-state index in [1.165, 1.54) is 0 Å². The Morgan fingerprint density at radius 1 is 1.50 bits per heavy atom. The van der Waals surface area contributed by atoms with Gasteiger partial charge in [0.25, 0.3) is 0 Å². The number of carbonyl (C=O) groups is 1. The Kier molecular flexibility index (Phi) is 4.81. The van der Waals surface area contributed by atoms with Crippen molar-refractivity contribution in [1.29, 1.82) is 0 Å². The van der Waals surface area contributed by atoms with E-state index in [9.17, 15) is 4.79 Å². The third-order valence-electron chi connectivity index (χ3n) is 4.20. The number of rotatable bonds is 4. The molecule has 1 amide bonds. The number of hydrogen-bond donors (Lipinski definition) is 0. The first kappa shape index (κ1) is 15.0. The lowest BCUT2D eigenvalue weighted by Crippen LogP contribution is -2.30. The topological polar surface area (TPSA) is 47.4 Å². The second kappa shape index (κ2) is 6.39. The predicted octanol–water partition coefficient (Wildman–Crippen LogP) is 1.81. The smallest absolute Gasteiger partial charge is 0.222 e. The van der Waals surface area contributed by atoms with Crippen LogP contribution < -0.4 is 0 Å². The van der Waals surface area contributed by atoms with Crippen LogP contribution >= 0.6 is 0 Å². The number of nitrogens with zero attached hydrogens (tertiary/aromatic N) is 3. The molecule has 0 spiro atoms. The van der Waals surface area contributed by atoms with Crippen LogP contribution in [-0.4, -0.2) is 40.8 Å². The van der Waals surface area contributed by atoms with Gasteiger partial charge in [0.1, 0.15) is 0 Å². The Hall–Kier alpha value is -1.36. The summed E-state index contributed by atoms with van der Waals surface area (Å²) in [5.74, 6) is 0.581. The second-order valence-corrected chi connectivity index (χ2v) is 5.81. The molecule has 0 radical (unpaired) electrons. The zero-order valence-electron chi connectivity index (χ0n) is 13.0. The Balaban J connectivity index is 1.93. The molecule has 1 saturated heterocycles. The van der Waals surface area contributed by atoms with Gasteiger partial charge < -0.3 is 9.64 Å². The Morgan fingerprint density at radius 2 is 2.25 bits per heavy atom. The van der Waals surface area contributed by atoms with Gasteiger partial charge >= 0.3 is 0 Å². The zero-order chi connectivity index (χ0) is 14.7. The van der Waals surface area contributed by atoms with Gasteiger partial charge in [-0.1, -0.05) is 0 Å². The molecule has 1 atom stereocenters. The molecule has 0 N–H and O–H groups in total. The van der Waals surface area contributed by atoms with E-state index in [0.717, 1.165) is 43.0 Å². The highest BCUT2D eigenvalue weighted by Gasteiger charge is 2.21. The number of amides is 1. The van der Waals surface area contributed by atoms with Crippen LogP contribution in [0.1, 0.15) is 36.2 Å². The van der Waals surface area contributed by atoms with E-state index in [4.69, 9.17) is 4.74 Å². The van der Waals surface area contributed by atoms with E-state index < -0.39 is 0 Å². The molecular weight excluding hydrogens is 254 g/mol. The summed E-state index contributed by atoms with van der Waals surface area (Å²) in [5, 5.41) is 4.40. The molecular formula is C15H25N3O2. The second-order valence-electron chi connectivity index (χ2n) is 5.81. The largest absolute Gasteiger partial charge is 0.381 e. The standard InChI is InChI=1S/C15H25N3O2/c1-11-14(12(2)18(4)16-11)9-17(3)15(19)8-13-6-5-7-20-10-13/h13H,5-10H2,1-4H3/t13-/m1/s1. The summed E-state index contributed by atoms with van der Waals surface area (Å²) in [4.78, 5) is 14.1. The number of hydrogen-bond acceptors (Lipinski definition) is 3. The summed E-state index contributed by atoms with van der Waals surface area (Å²) >= 11 is 0. The van der Waals surface area contributed by atoms with Crippen LogP contribution in [0.15, 0.2) is 0 Å². The van der Waals surface area contributed by atoms with Crippen molar-refractivity contribution in [2.24, 2.45) is 13.0 Å². The molecule has 2 heterocycles. The minimum atomic E-state index is 0.197. The highest BCUT2D eigenvalue weighted by atomic mass is 16.5. The van der Waals surface area contributed by atoms with Crippen LogP contribution in [0.25, 0.3) is 0 Å². The van der Waals surface area contributed by atoms with Crippen LogP contribution in [0.3, 0.4) is 0 Å². The van der Waals surface area contributed by atoms with Crippen molar-refractivity contribution in [2.45, 2.75) is 39.7 Å². The average molecular weight is 279 g/mol. The molecule has 0 bridgehead atoms. The van der Waals surface area contributed by atoms with E-state index in [1.54, 1.807) is 0 Å². The summed E-state index contributed by atoms with van der Waals surface area (Å²) < 4.78 is 7.31. The van der Waals surface area contributed by atoms with Crippen molar-refractivity contribution in [3.63, 3.8) is 0 Å². The van der Waals surface area contributed by atoms with Crippen molar-refractivity contribution >= 4 is 5.91 Å². The number of ether oxygens (including phenoxy) is 1. The van der Waals surface area contributed by atoms with Gasteiger partial charge in [-0.05, 0) is 32.6 Å². The predicted molar refractivity (Wildman–Crippen MR) is 77.3 cm³/mol. The van der Waals surface area contributed by atoms with Gasteiger partial charge in [-0.15, -0.1) is 0 Å². The molecule has 5 nitrogen and oxygen atoms in total. The van der Waals surface area contributed by atoms with Crippen LogP contribution in [0.4, 0.5) is 0 Å². The van der Waals surface area contributed by atoms with Gasteiger partial charge in [0.05, 0.1) is 5.69 Å². The maximum Gasteiger partial charge on any atom is 0.222 e. The first-order valence-electron chi connectivity index (χ1n) is 7.29. The van der Waals surface area contributed by atoms with Crippen molar-refractivity contribution in [1.82, 2.24) is 14.7 Å². The van der Waals surface area contributed by atoms with Crippen molar-refractivity contribution in [3.05, 3.63) is 17.0 Å². The van der Waals surface area contributed by atoms with E-state index in [0.29, 0.717) is 18.9 Å². The molecule has 20 heavy (non-hydrogen) atoms. The van der Waals surface area contributed by atoms with Gasteiger partial charge in [-0.2, -0.15) is 5.10 Å². The first-order chi connectivity index (χ1) is 9.49. The number of aromatic nitrogens is 2. The van der Waals surface area contributed by atoms with Crippen LogP contribution in [0.2, 0.25) is 0 Å². The van der Waals surface area contributed by atoms with E-state index in [-0.39, 0.29) is 5.91 Å². The lowest BCUT2D eigenvalue weighted by molar-refractivity contribution is -0.132. The lowest BCUT2D eigenvalue weighted by atomic mass is 9.98. The zero-order valence-corrected chi connectivity index (χ0v) is 13.0.